The molecule has 21 heavy (non-hydrogen) atoms. The van der Waals surface area contributed by atoms with Gasteiger partial charge in [-0.15, -0.1) is 0 Å². The van der Waals surface area contributed by atoms with Crippen LogP contribution in [0.5, 0.6) is 17.2 Å². The van der Waals surface area contributed by atoms with Crippen LogP contribution >= 0.6 is 0 Å². The Bertz CT molecular complexity index is 459. The van der Waals surface area contributed by atoms with Crippen LogP contribution in [0.4, 0.5) is 0 Å². The number of nitrogens with zero attached hydrogens (tertiary/aromatic N) is 1. The van der Waals surface area contributed by atoms with Gasteiger partial charge < -0.3 is 20.6 Å². The van der Waals surface area contributed by atoms with E-state index in [2.05, 4.69) is 17.1 Å². The summed E-state index contributed by atoms with van der Waals surface area (Å²) in [7, 11) is 0. The van der Waals surface area contributed by atoms with Gasteiger partial charge in [-0.3, -0.25) is 4.90 Å². The lowest BCUT2D eigenvalue weighted by Gasteiger charge is -2.35. The number of phenols is 3. The molecule has 5 heteroatoms. The maximum Gasteiger partial charge on any atom is 0.200 e. The van der Waals surface area contributed by atoms with Crippen molar-refractivity contribution >= 4 is 0 Å². The van der Waals surface area contributed by atoms with Crippen LogP contribution < -0.4 is 5.32 Å². The molecule has 0 unspecified atom stereocenters. The van der Waals surface area contributed by atoms with E-state index >= 15 is 0 Å². The zero-order chi connectivity index (χ0) is 15.2. The molecule has 0 spiro atoms. The normalized spacial score (nSPS) is 17.8. The highest BCUT2D eigenvalue weighted by Crippen LogP contribution is 2.42. The second-order valence-corrected chi connectivity index (χ2v) is 5.67. The molecule has 1 saturated heterocycles. The maximum atomic E-state index is 10.2. The molecule has 0 amide bonds. The highest BCUT2D eigenvalue weighted by molar-refractivity contribution is 5.54. The lowest BCUT2D eigenvalue weighted by Crippen LogP contribution is -2.45. The number of aromatic hydroxyl groups is 3. The minimum atomic E-state index is -0.414. The lowest BCUT2D eigenvalue weighted by molar-refractivity contribution is 0.159. The molecule has 1 atom stereocenters. The number of piperazine rings is 1. The Morgan fingerprint density at radius 1 is 1.10 bits per heavy atom. The molecule has 1 heterocycles. The van der Waals surface area contributed by atoms with Crippen LogP contribution in [-0.2, 0) is 0 Å². The number of benzene rings is 1. The summed E-state index contributed by atoms with van der Waals surface area (Å²) in [4.78, 5) is 2.34. The third-order valence-corrected chi connectivity index (χ3v) is 4.19. The number of hydrogen-bond acceptors (Lipinski definition) is 5. The molecule has 1 fully saturated rings. The molecule has 0 aliphatic carbocycles. The van der Waals surface area contributed by atoms with E-state index in [1.807, 2.05) is 0 Å². The smallest absolute Gasteiger partial charge is 0.200 e. The van der Waals surface area contributed by atoms with Gasteiger partial charge in [-0.1, -0.05) is 26.2 Å². The molecule has 5 nitrogen and oxygen atoms in total. The molecular weight excluding hydrogens is 268 g/mol. The van der Waals surface area contributed by atoms with Crippen LogP contribution in [-0.4, -0.2) is 46.4 Å². The second kappa shape index (κ2) is 7.52. The summed E-state index contributed by atoms with van der Waals surface area (Å²) in [5.41, 5.74) is 0.711. The zero-order valence-electron chi connectivity index (χ0n) is 12.7. The summed E-state index contributed by atoms with van der Waals surface area (Å²) in [6, 6.07) is 3.27. The number of nitrogens with one attached hydrogen (secondary N) is 1. The monoisotopic (exact) mass is 294 g/mol. The Labute approximate surface area is 126 Å². The van der Waals surface area contributed by atoms with Gasteiger partial charge in [-0.2, -0.15) is 0 Å². The molecule has 0 aromatic heterocycles. The number of unbranched alkanes of at least 4 members (excludes halogenated alkanes) is 2. The van der Waals surface area contributed by atoms with E-state index in [0.717, 1.165) is 51.9 Å². The first-order chi connectivity index (χ1) is 10.1. The molecule has 0 bridgehead atoms. The fraction of sp³-hybridized carbons (Fsp3) is 0.625. The van der Waals surface area contributed by atoms with Crippen molar-refractivity contribution in [3.63, 3.8) is 0 Å². The van der Waals surface area contributed by atoms with Gasteiger partial charge in [0.15, 0.2) is 11.5 Å². The predicted octanol–water partition coefficient (Wildman–Crippen LogP) is 2.33. The van der Waals surface area contributed by atoms with Crippen LogP contribution in [0.1, 0.15) is 44.2 Å². The number of rotatable bonds is 6. The summed E-state index contributed by atoms with van der Waals surface area (Å²) in [5.74, 6) is -0.873. The zero-order valence-corrected chi connectivity index (χ0v) is 12.7. The Morgan fingerprint density at radius 2 is 1.81 bits per heavy atom. The number of hydrogen-bond donors (Lipinski definition) is 4. The van der Waals surface area contributed by atoms with Crippen molar-refractivity contribution in [3.8, 4) is 17.2 Å². The van der Waals surface area contributed by atoms with Gasteiger partial charge in [0.1, 0.15) is 0 Å². The fourth-order valence-corrected chi connectivity index (χ4v) is 2.97. The van der Waals surface area contributed by atoms with Crippen LogP contribution in [0.3, 0.4) is 0 Å². The number of phenolic OH excluding ortho intramolecular Hbond substituents is 3. The first kappa shape index (κ1) is 15.9. The summed E-state index contributed by atoms with van der Waals surface area (Å²) < 4.78 is 0. The van der Waals surface area contributed by atoms with Crippen LogP contribution in [0.15, 0.2) is 12.1 Å². The first-order valence-corrected chi connectivity index (χ1v) is 7.83. The largest absolute Gasteiger partial charge is 0.504 e. The minimum absolute atomic E-state index is 0.0881. The van der Waals surface area contributed by atoms with Gasteiger partial charge >= 0.3 is 0 Å². The van der Waals surface area contributed by atoms with Crippen LogP contribution in [0, 0.1) is 0 Å². The summed E-state index contributed by atoms with van der Waals surface area (Å²) >= 11 is 0. The quantitative estimate of drug-likeness (QED) is 0.478. The van der Waals surface area contributed by atoms with Crippen LogP contribution in [0.25, 0.3) is 0 Å². The third-order valence-electron chi connectivity index (χ3n) is 4.19. The summed E-state index contributed by atoms with van der Waals surface area (Å²) in [6.45, 7) is 5.91. The van der Waals surface area contributed by atoms with E-state index in [1.165, 1.54) is 6.07 Å². The second-order valence-electron chi connectivity index (χ2n) is 5.67. The van der Waals surface area contributed by atoms with E-state index in [-0.39, 0.29) is 17.5 Å². The molecule has 1 aromatic carbocycles. The Balaban J connectivity index is 2.23. The highest BCUT2D eigenvalue weighted by atomic mass is 16.3. The molecular formula is C16H26N2O3. The first-order valence-electron chi connectivity index (χ1n) is 7.83. The third kappa shape index (κ3) is 3.80. The molecule has 0 saturated carbocycles. The topological polar surface area (TPSA) is 76.0 Å². The van der Waals surface area contributed by atoms with Gasteiger partial charge in [-0.05, 0) is 18.6 Å². The van der Waals surface area contributed by atoms with E-state index in [4.69, 9.17) is 0 Å². The van der Waals surface area contributed by atoms with E-state index in [9.17, 15) is 15.3 Å². The van der Waals surface area contributed by atoms with E-state index in [0.29, 0.717) is 5.56 Å². The Hall–Kier alpha value is -1.46. The van der Waals surface area contributed by atoms with Crippen molar-refractivity contribution in [2.75, 3.05) is 26.2 Å². The Kier molecular flexibility index (Phi) is 5.70. The predicted molar refractivity (Wildman–Crippen MR) is 82.8 cm³/mol. The molecule has 0 radical (unpaired) electrons. The van der Waals surface area contributed by atoms with Gasteiger partial charge in [0.05, 0.1) is 0 Å². The lowest BCUT2D eigenvalue weighted by atomic mass is 9.96. The fourth-order valence-electron chi connectivity index (χ4n) is 2.97. The molecule has 1 aliphatic heterocycles. The van der Waals surface area contributed by atoms with Crippen molar-refractivity contribution in [1.29, 1.82) is 0 Å². The average Bonchev–Trinajstić information content (AvgIpc) is 2.51. The molecule has 118 valence electrons. The van der Waals surface area contributed by atoms with Crippen molar-refractivity contribution in [2.24, 2.45) is 0 Å². The maximum absolute atomic E-state index is 10.2. The average molecular weight is 294 g/mol. The molecule has 1 aromatic rings. The van der Waals surface area contributed by atoms with Crippen molar-refractivity contribution < 1.29 is 15.3 Å². The standard InChI is InChI=1S/C16H26N2O3/c1-2-3-4-5-13(18-10-8-17-9-11-18)12-6-7-14(19)16(21)15(12)20/h6-7,13,17,19-21H,2-5,8-11H2,1H3/t13-/m0/s1. The van der Waals surface area contributed by atoms with Gasteiger partial charge in [0, 0.05) is 37.8 Å². The molecule has 4 N–H and O–H groups in total. The van der Waals surface area contributed by atoms with Crippen LogP contribution in [0.2, 0.25) is 0 Å². The highest BCUT2D eigenvalue weighted by Gasteiger charge is 2.26. The van der Waals surface area contributed by atoms with Gasteiger partial charge in [0.2, 0.25) is 5.75 Å². The van der Waals surface area contributed by atoms with Crippen molar-refractivity contribution in [3.05, 3.63) is 17.7 Å². The van der Waals surface area contributed by atoms with Gasteiger partial charge in [0.25, 0.3) is 0 Å². The Morgan fingerprint density at radius 3 is 2.48 bits per heavy atom. The molecule has 2 rings (SSSR count). The molecule has 1 aliphatic rings. The van der Waals surface area contributed by atoms with Crippen molar-refractivity contribution in [2.45, 2.75) is 38.6 Å². The van der Waals surface area contributed by atoms with Crippen molar-refractivity contribution in [1.82, 2.24) is 10.2 Å². The summed E-state index contributed by atoms with van der Waals surface area (Å²) in [6.07, 6.45) is 4.35. The van der Waals surface area contributed by atoms with Gasteiger partial charge in [-0.25, -0.2) is 0 Å². The van der Waals surface area contributed by atoms with E-state index in [1.54, 1.807) is 6.07 Å². The van der Waals surface area contributed by atoms with E-state index < -0.39 is 5.75 Å². The minimum Gasteiger partial charge on any atom is -0.504 e. The SMILES string of the molecule is CCCCC[C@@H](c1ccc(O)c(O)c1O)N1CCNCC1. The summed E-state index contributed by atoms with van der Waals surface area (Å²) in [5, 5.41) is 32.8.